The average molecular weight is 270 g/mol. The van der Waals surface area contributed by atoms with Crippen molar-refractivity contribution in [2.75, 3.05) is 23.9 Å². The van der Waals surface area contributed by atoms with E-state index in [1.807, 2.05) is 0 Å². The van der Waals surface area contributed by atoms with Crippen LogP contribution in [0.15, 0.2) is 4.42 Å². The zero-order chi connectivity index (χ0) is 12.4. The highest BCUT2D eigenvalue weighted by Crippen LogP contribution is 2.37. The predicted octanol–water partition coefficient (Wildman–Crippen LogP) is 2.87. The molecule has 4 nitrogen and oxygen atoms in total. The van der Waals surface area contributed by atoms with Crippen molar-refractivity contribution < 1.29 is 4.42 Å². The van der Waals surface area contributed by atoms with E-state index in [0.717, 1.165) is 24.9 Å². The Morgan fingerprint density at radius 1 is 1.17 bits per heavy atom. The minimum atomic E-state index is 0.534. The van der Waals surface area contributed by atoms with E-state index in [-0.39, 0.29) is 0 Å². The van der Waals surface area contributed by atoms with E-state index in [4.69, 9.17) is 16.0 Å². The number of hydrogen-bond donors (Lipinski definition) is 0. The smallest absolute Gasteiger partial charge is 0.318 e. The van der Waals surface area contributed by atoms with E-state index >= 15 is 0 Å². The number of fused-ring (bicyclic) bond motifs is 1. The summed E-state index contributed by atoms with van der Waals surface area (Å²) in [6, 6.07) is 0.694. The SMILES string of the molecule is ClCCc1nnc(N2CCC3CCCCC3C2)o1. The molecule has 100 valence electrons. The molecule has 0 radical (unpaired) electrons. The molecule has 0 aromatic carbocycles. The maximum absolute atomic E-state index is 5.68. The maximum atomic E-state index is 5.68. The summed E-state index contributed by atoms with van der Waals surface area (Å²) in [6.45, 7) is 2.15. The fraction of sp³-hybridized carbons (Fsp3) is 0.846. The topological polar surface area (TPSA) is 42.2 Å². The first kappa shape index (κ1) is 12.3. The average Bonchev–Trinajstić information content (AvgIpc) is 2.87. The molecular weight excluding hydrogens is 250 g/mol. The summed E-state index contributed by atoms with van der Waals surface area (Å²) in [5, 5.41) is 8.19. The molecule has 1 saturated heterocycles. The first-order chi connectivity index (χ1) is 8.86. The summed E-state index contributed by atoms with van der Waals surface area (Å²) >= 11 is 5.68. The number of aromatic nitrogens is 2. The van der Waals surface area contributed by atoms with Crippen LogP contribution in [-0.4, -0.2) is 29.2 Å². The van der Waals surface area contributed by atoms with Gasteiger partial charge in [-0.25, -0.2) is 0 Å². The lowest BCUT2D eigenvalue weighted by atomic mass is 9.75. The van der Waals surface area contributed by atoms with Gasteiger partial charge in [0.1, 0.15) is 0 Å². The van der Waals surface area contributed by atoms with E-state index < -0.39 is 0 Å². The van der Waals surface area contributed by atoms with Crippen LogP contribution in [0.3, 0.4) is 0 Å². The fourth-order valence-corrected chi connectivity index (χ4v) is 3.49. The second-order valence-corrected chi connectivity index (χ2v) is 5.83. The second kappa shape index (κ2) is 5.47. The van der Waals surface area contributed by atoms with Crippen LogP contribution in [-0.2, 0) is 6.42 Å². The summed E-state index contributed by atoms with van der Waals surface area (Å²) in [5.41, 5.74) is 0. The molecule has 1 aliphatic carbocycles. The Balaban J connectivity index is 1.65. The van der Waals surface area contributed by atoms with Gasteiger partial charge >= 0.3 is 6.01 Å². The van der Waals surface area contributed by atoms with Crippen LogP contribution < -0.4 is 4.90 Å². The number of aryl methyl sites for hydroxylation is 1. The van der Waals surface area contributed by atoms with Crippen molar-refractivity contribution in [2.45, 2.75) is 38.5 Å². The lowest BCUT2D eigenvalue weighted by Gasteiger charge is -2.40. The van der Waals surface area contributed by atoms with E-state index in [9.17, 15) is 0 Å². The summed E-state index contributed by atoms with van der Waals surface area (Å²) < 4.78 is 5.66. The van der Waals surface area contributed by atoms with Crippen LogP contribution in [0.25, 0.3) is 0 Å². The van der Waals surface area contributed by atoms with Crippen molar-refractivity contribution in [2.24, 2.45) is 11.8 Å². The van der Waals surface area contributed by atoms with Crippen LogP contribution >= 0.6 is 11.6 Å². The minimum Gasteiger partial charge on any atom is -0.408 e. The first-order valence-corrected chi connectivity index (χ1v) is 7.53. The Kier molecular flexibility index (Phi) is 3.73. The van der Waals surface area contributed by atoms with Crippen molar-refractivity contribution in [3.05, 3.63) is 5.89 Å². The van der Waals surface area contributed by atoms with Crippen LogP contribution in [0, 0.1) is 11.8 Å². The normalized spacial score (nSPS) is 28.2. The highest BCUT2D eigenvalue weighted by Gasteiger charge is 2.32. The molecule has 0 N–H and O–H groups in total. The third kappa shape index (κ3) is 2.48. The molecule has 5 heteroatoms. The molecule has 0 bridgehead atoms. The number of piperidine rings is 1. The van der Waals surface area contributed by atoms with Gasteiger partial charge in [0.15, 0.2) is 0 Å². The highest BCUT2D eigenvalue weighted by molar-refractivity contribution is 6.17. The van der Waals surface area contributed by atoms with E-state index in [1.165, 1.54) is 32.1 Å². The van der Waals surface area contributed by atoms with Gasteiger partial charge in [-0.1, -0.05) is 24.4 Å². The van der Waals surface area contributed by atoms with Gasteiger partial charge in [-0.05, 0) is 24.7 Å². The molecular formula is C13H20ClN3O. The first-order valence-electron chi connectivity index (χ1n) is 7.00. The molecule has 1 aromatic heterocycles. The molecule has 2 aliphatic rings. The van der Waals surface area contributed by atoms with Crippen molar-refractivity contribution >= 4 is 17.6 Å². The number of rotatable bonds is 3. The van der Waals surface area contributed by atoms with Gasteiger partial charge in [0, 0.05) is 25.4 Å². The number of nitrogens with zero attached hydrogens (tertiary/aromatic N) is 3. The molecule has 18 heavy (non-hydrogen) atoms. The largest absolute Gasteiger partial charge is 0.408 e. The van der Waals surface area contributed by atoms with E-state index in [1.54, 1.807) is 0 Å². The Morgan fingerprint density at radius 3 is 2.83 bits per heavy atom. The van der Waals surface area contributed by atoms with Crippen molar-refractivity contribution in [3.63, 3.8) is 0 Å². The molecule has 0 amide bonds. The summed E-state index contributed by atoms with van der Waals surface area (Å²) in [7, 11) is 0. The molecule has 3 rings (SSSR count). The fourth-order valence-electron chi connectivity index (χ4n) is 3.33. The Labute approximate surface area is 113 Å². The molecule has 2 fully saturated rings. The highest BCUT2D eigenvalue weighted by atomic mass is 35.5. The van der Waals surface area contributed by atoms with Gasteiger partial charge < -0.3 is 9.32 Å². The molecule has 2 heterocycles. The number of anilines is 1. The van der Waals surface area contributed by atoms with Crippen LogP contribution in [0.4, 0.5) is 6.01 Å². The Bertz CT molecular complexity index is 395. The van der Waals surface area contributed by atoms with Crippen molar-refractivity contribution in [3.8, 4) is 0 Å². The zero-order valence-corrected chi connectivity index (χ0v) is 11.4. The molecule has 1 aromatic rings. The van der Waals surface area contributed by atoms with Gasteiger partial charge in [0.2, 0.25) is 5.89 Å². The number of halogens is 1. The van der Waals surface area contributed by atoms with Gasteiger partial charge in [0.25, 0.3) is 0 Å². The van der Waals surface area contributed by atoms with E-state index in [0.29, 0.717) is 24.2 Å². The standard InChI is InChI=1S/C13H20ClN3O/c14-7-5-12-15-16-13(18-12)17-8-6-10-3-1-2-4-11(10)9-17/h10-11H,1-9H2. The zero-order valence-electron chi connectivity index (χ0n) is 10.6. The van der Waals surface area contributed by atoms with Crippen LogP contribution in [0.1, 0.15) is 38.0 Å². The molecule has 0 spiro atoms. The second-order valence-electron chi connectivity index (χ2n) is 5.46. The summed E-state index contributed by atoms with van der Waals surface area (Å²) in [5.74, 6) is 2.95. The third-order valence-corrected chi connectivity index (χ3v) is 4.52. The molecule has 2 atom stereocenters. The summed E-state index contributed by atoms with van der Waals surface area (Å²) in [4.78, 5) is 2.26. The predicted molar refractivity (Wildman–Crippen MR) is 71.0 cm³/mol. The monoisotopic (exact) mass is 269 g/mol. The number of alkyl halides is 1. The lowest BCUT2D eigenvalue weighted by Crippen LogP contribution is -2.42. The van der Waals surface area contributed by atoms with E-state index in [2.05, 4.69) is 15.1 Å². The molecule has 2 unspecified atom stereocenters. The molecule has 1 aliphatic heterocycles. The van der Waals surface area contributed by atoms with Crippen LogP contribution in [0.5, 0.6) is 0 Å². The van der Waals surface area contributed by atoms with Gasteiger partial charge in [0.05, 0.1) is 0 Å². The lowest BCUT2D eigenvalue weighted by molar-refractivity contribution is 0.198. The minimum absolute atomic E-state index is 0.534. The van der Waals surface area contributed by atoms with Crippen molar-refractivity contribution in [1.29, 1.82) is 0 Å². The Hall–Kier alpha value is -0.770. The summed E-state index contributed by atoms with van der Waals surface area (Å²) in [6.07, 6.45) is 7.52. The Morgan fingerprint density at radius 2 is 2.00 bits per heavy atom. The molecule has 1 saturated carbocycles. The quantitative estimate of drug-likeness (QED) is 0.792. The van der Waals surface area contributed by atoms with Gasteiger partial charge in [-0.15, -0.1) is 16.7 Å². The maximum Gasteiger partial charge on any atom is 0.318 e. The third-order valence-electron chi connectivity index (χ3n) is 4.33. The van der Waals surface area contributed by atoms with Gasteiger partial charge in [-0.2, -0.15) is 0 Å². The van der Waals surface area contributed by atoms with Crippen molar-refractivity contribution in [1.82, 2.24) is 10.2 Å². The van der Waals surface area contributed by atoms with Crippen LogP contribution in [0.2, 0.25) is 0 Å². The number of hydrogen-bond acceptors (Lipinski definition) is 4. The van der Waals surface area contributed by atoms with Gasteiger partial charge in [-0.3, -0.25) is 0 Å².